The fourth-order valence-electron chi connectivity index (χ4n) is 2.29. The number of anilines is 1. The number of aliphatic hydroxyl groups is 1. The lowest BCUT2D eigenvalue weighted by atomic mass is 9.87. The summed E-state index contributed by atoms with van der Waals surface area (Å²) in [6.45, 7) is 6.28. The van der Waals surface area contributed by atoms with Crippen molar-refractivity contribution in [2.75, 3.05) is 5.73 Å². The lowest BCUT2D eigenvalue weighted by Crippen LogP contribution is -2.17. The van der Waals surface area contributed by atoms with Crippen molar-refractivity contribution in [2.24, 2.45) is 7.05 Å². The molecular formula is C15H22N4O. The number of pyridine rings is 1. The standard InChI is InChI=1S/C15H22N4O/c1-15(2,3)14-11(9-19(4)18-14)12(20)7-10-5-6-17-13(16)8-10/h5-6,8-9,12,20H,7H2,1-4H3,(H2,16,17). The molecule has 0 fully saturated rings. The quantitative estimate of drug-likeness (QED) is 0.897. The van der Waals surface area contributed by atoms with Crippen LogP contribution < -0.4 is 5.73 Å². The molecule has 5 nitrogen and oxygen atoms in total. The number of aryl methyl sites for hydroxylation is 1. The highest BCUT2D eigenvalue weighted by Crippen LogP contribution is 2.30. The van der Waals surface area contributed by atoms with E-state index in [1.54, 1.807) is 16.9 Å². The van der Waals surface area contributed by atoms with Gasteiger partial charge in [0.15, 0.2) is 0 Å². The zero-order valence-electron chi connectivity index (χ0n) is 12.5. The van der Waals surface area contributed by atoms with Crippen LogP contribution in [0.2, 0.25) is 0 Å². The Balaban J connectivity index is 2.28. The summed E-state index contributed by atoms with van der Waals surface area (Å²) in [5, 5.41) is 15.0. The van der Waals surface area contributed by atoms with Crippen LogP contribution in [0.25, 0.3) is 0 Å². The smallest absolute Gasteiger partial charge is 0.123 e. The van der Waals surface area contributed by atoms with Crippen molar-refractivity contribution < 1.29 is 5.11 Å². The lowest BCUT2D eigenvalue weighted by molar-refractivity contribution is 0.176. The average molecular weight is 274 g/mol. The minimum atomic E-state index is -0.597. The highest BCUT2D eigenvalue weighted by molar-refractivity contribution is 5.34. The Bertz CT molecular complexity index is 598. The molecule has 0 saturated heterocycles. The average Bonchev–Trinajstić information content (AvgIpc) is 2.71. The molecule has 1 atom stereocenters. The SMILES string of the molecule is Cn1cc(C(O)Cc2ccnc(N)c2)c(C(C)(C)C)n1. The molecule has 2 aromatic rings. The van der Waals surface area contributed by atoms with Crippen molar-refractivity contribution in [1.82, 2.24) is 14.8 Å². The van der Waals surface area contributed by atoms with Crippen molar-refractivity contribution in [3.8, 4) is 0 Å². The molecule has 108 valence electrons. The fraction of sp³-hybridized carbons (Fsp3) is 0.467. The summed E-state index contributed by atoms with van der Waals surface area (Å²) in [6, 6.07) is 3.66. The third kappa shape index (κ3) is 3.17. The van der Waals surface area contributed by atoms with E-state index in [4.69, 9.17) is 5.73 Å². The van der Waals surface area contributed by atoms with Gasteiger partial charge in [0, 0.05) is 36.8 Å². The van der Waals surface area contributed by atoms with Crippen LogP contribution in [0.4, 0.5) is 5.82 Å². The molecule has 0 bridgehead atoms. The first-order valence-corrected chi connectivity index (χ1v) is 6.70. The van der Waals surface area contributed by atoms with E-state index in [0.717, 1.165) is 16.8 Å². The van der Waals surface area contributed by atoms with Crippen LogP contribution in [0.15, 0.2) is 24.5 Å². The molecule has 3 N–H and O–H groups in total. The Kier molecular flexibility index (Phi) is 3.81. The van der Waals surface area contributed by atoms with E-state index >= 15 is 0 Å². The molecule has 1 unspecified atom stereocenters. The molecule has 0 spiro atoms. The zero-order valence-corrected chi connectivity index (χ0v) is 12.5. The number of rotatable bonds is 3. The monoisotopic (exact) mass is 274 g/mol. The molecule has 0 amide bonds. The van der Waals surface area contributed by atoms with Crippen molar-refractivity contribution in [2.45, 2.75) is 38.7 Å². The Morgan fingerprint density at radius 3 is 2.70 bits per heavy atom. The highest BCUT2D eigenvalue weighted by atomic mass is 16.3. The molecule has 0 aromatic carbocycles. The Labute approximate surface area is 119 Å². The Hall–Kier alpha value is -1.88. The second kappa shape index (κ2) is 5.25. The Morgan fingerprint density at radius 1 is 1.40 bits per heavy atom. The largest absolute Gasteiger partial charge is 0.388 e. The summed E-state index contributed by atoms with van der Waals surface area (Å²) in [7, 11) is 1.87. The maximum Gasteiger partial charge on any atom is 0.123 e. The van der Waals surface area contributed by atoms with Crippen LogP contribution in [-0.2, 0) is 18.9 Å². The number of hydrogen-bond acceptors (Lipinski definition) is 4. The number of nitrogens with zero attached hydrogens (tertiary/aromatic N) is 3. The summed E-state index contributed by atoms with van der Waals surface area (Å²) >= 11 is 0. The van der Waals surface area contributed by atoms with Crippen molar-refractivity contribution >= 4 is 5.82 Å². The minimum Gasteiger partial charge on any atom is -0.388 e. The second-order valence-corrected chi connectivity index (χ2v) is 6.17. The summed E-state index contributed by atoms with van der Waals surface area (Å²) in [5.41, 5.74) is 8.33. The molecule has 0 aliphatic rings. The van der Waals surface area contributed by atoms with E-state index in [1.165, 1.54) is 0 Å². The molecule has 2 rings (SSSR count). The van der Waals surface area contributed by atoms with Gasteiger partial charge in [-0.1, -0.05) is 20.8 Å². The first-order valence-electron chi connectivity index (χ1n) is 6.70. The van der Waals surface area contributed by atoms with Crippen molar-refractivity contribution in [1.29, 1.82) is 0 Å². The summed E-state index contributed by atoms with van der Waals surface area (Å²) in [4.78, 5) is 3.96. The lowest BCUT2D eigenvalue weighted by Gasteiger charge is -2.20. The predicted octanol–water partition coefficient (Wildman–Crippen LogP) is 1.97. The zero-order chi connectivity index (χ0) is 14.9. The first-order chi connectivity index (χ1) is 9.27. The van der Waals surface area contributed by atoms with Crippen molar-refractivity contribution in [3.05, 3.63) is 41.3 Å². The molecule has 0 saturated carbocycles. The second-order valence-electron chi connectivity index (χ2n) is 6.17. The molecule has 5 heteroatoms. The van der Waals surface area contributed by atoms with Crippen LogP contribution in [0, 0.1) is 0 Å². The third-order valence-electron chi connectivity index (χ3n) is 3.20. The van der Waals surface area contributed by atoms with E-state index in [1.807, 2.05) is 19.3 Å². The topological polar surface area (TPSA) is 77.0 Å². The van der Waals surface area contributed by atoms with Gasteiger partial charge in [-0.15, -0.1) is 0 Å². The molecule has 20 heavy (non-hydrogen) atoms. The normalized spacial score (nSPS) is 13.4. The van der Waals surface area contributed by atoms with Crippen LogP contribution in [0.5, 0.6) is 0 Å². The summed E-state index contributed by atoms with van der Waals surface area (Å²) < 4.78 is 1.75. The molecular weight excluding hydrogens is 252 g/mol. The first kappa shape index (κ1) is 14.5. The van der Waals surface area contributed by atoms with Gasteiger partial charge in [-0.2, -0.15) is 5.10 Å². The van der Waals surface area contributed by atoms with Gasteiger partial charge in [-0.25, -0.2) is 4.98 Å². The van der Waals surface area contributed by atoms with Gasteiger partial charge in [0.25, 0.3) is 0 Å². The van der Waals surface area contributed by atoms with E-state index in [-0.39, 0.29) is 5.41 Å². The number of aliphatic hydroxyl groups excluding tert-OH is 1. The number of nitrogen functional groups attached to an aromatic ring is 1. The number of aromatic nitrogens is 3. The number of hydrogen-bond donors (Lipinski definition) is 2. The van der Waals surface area contributed by atoms with Crippen molar-refractivity contribution in [3.63, 3.8) is 0 Å². The predicted molar refractivity (Wildman–Crippen MR) is 79.2 cm³/mol. The van der Waals surface area contributed by atoms with Gasteiger partial charge >= 0.3 is 0 Å². The maximum atomic E-state index is 10.5. The van der Waals surface area contributed by atoms with Crippen LogP contribution in [0.1, 0.15) is 43.7 Å². The minimum absolute atomic E-state index is 0.102. The van der Waals surface area contributed by atoms with Gasteiger partial charge < -0.3 is 10.8 Å². The van der Waals surface area contributed by atoms with Gasteiger partial charge in [-0.05, 0) is 17.7 Å². The van der Waals surface area contributed by atoms with Gasteiger partial charge in [-0.3, -0.25) is 4.68 Å². The molecule has 0 aliphatic heterocycles. The summed E-state index contributed by atoms with van der Waals surface area (Å²) in [5.74, 6) is 0.469. The van der Waals surface area contributed by atoms with Crippen LogP contribution >= 0.6 is 0 Å². The van der Waals surface area contributed by atoms with Gasteiger partial charge in [0.1, 0.15) is 5.82 Å². The van der Waals surface area contributed by atoms with Gasteiger partial charge in [0.05, 0.1) is 11.8 Å². The number of nitrogens with two attached hydrogens (primary N) is 1. The Morgan fingerprint density at radius 2 is 2.10 bits per heavy atom. The fourth-order valence-corrected chi connectivity index (χ4v) is 2.29. The van der Waals surface area contributed by atoms with E-state index in [2.05, 4.69) is 30.9 Å². The highest BCUT2D eigenvalue weighted by Gasteiger charge is 2.25. The van der Waals surface area contributed by atoms with Crippen LogP contribution in [-0.4, -0.2) is 19.9 Å². The van der Waals surface area contributed by atoms with Crippen LogP contribution in [0.3, 0.4) is 0 Å². The molecule has 2 aromatic heterocycles. The molecule has 0 radical (unpaired) electrons. The van der Waals surface area contributed by atoms with E-state index in [0.29, 0.717) is 12.2 Å². The maximum absolute atomic E-state index is 10.5. The molecule has 2 heterocycles. The molecule has 0 aliphatic carbocycles. The van der Waals surface area contributed by atoms with E-state index < -0.39 is 6.10 Å². The summed E-state index contributed by atoms with van der Waals surface area (Å²) in [6.07, 6.45) is 3.45. The van der Waals surface area contributed by atoms with Gasteiger partial charge in [0.2, 0.25) is 0 Å². The third-order valence-corrected chi connectivity index (χ3v) is 3.20. The van der Waals surface area contributed by atoms with E-state index in [9.17, 15) is 5.11 Å².